The largest absolute Gasteiger partial charge is 0.432 e. The molecule has 11 N–H and O–H groups in total. The third kappa shape index (κ3) is 6.50. The number of carbonyl (C=O) groups is 2. The lowest BCUT2D eigenvalue weighted by molar-refractivity contribution is -0.303. The Labute approximate surface area is 343 Å². The minimum atomic E-state index is -1.86. The first-order valence-electron chi connectivity index (χ1n) is 21.2. The molecule has 0 aromatic rings. The summed E-state index contributed by atoms with van der Waals surface area (Å²) in [6.45, 7) is 8.25. The van der Waals surface area contributed by atoms with Gasteiger partial charge in [0.15, 0.2) is 0 Å². The lowest BCUT2D eigenvalue weighted by Gasteiger charge is -2.71. The first kappa shape index (κ1) is 45.2. The fourth-order valence-corrected chi connectivity index (χ4v) is 13.6. The van der Waals surface area contributed by atoms with Crippen molar-refractivity contribution in [3.8, 4) is 0 Å². The van der Waals surface area contributed by atoms with Crippen molar-refractivity contribution in [2.75, 3.05) is 19.8 Å². The van der Waals surface area contributed by atoms with E-state index in [2.05, 4.69) is 26.8 Å². The van der Waals surface area contributed by atoms with Crippen molar-refractivity contribution in [1.82, 2.24) is 0 Å². The molecule has 4 saturated carbocycles. The molecule has 17 nitrogen and oxygen atoms in total. The molecule has 0 bridgehead atoms. The summed E-state index contributed by atoms with van der Waals surface area (Å²) < 4.78 is 22.6. The van der Waals surface area contributed by atoms with Crippen LogP contribution in [0.5, 0.6) is 0 Å². The number of hydrogen-bond acceptors (Lipinski definition) is 17. The Morgan fingerprint density at radius 2 is 1.22 bits per heavy atom. The quantitative estimate of drug-likeness (QED) is 0.106. The summed E-state index contributed by atoms with van der Waals surface area (Å²) in [6, 6.07) is 0. The number of esters is 2. The third-order valence-electron chi connectivity index (χ3n) is 17.2. The average molecular weight is 843 g/mol. The van der Waals surface area contributed by atoms with E-state index in [1.807, 2.05) is 6.92 Å². The molecule has 2 heterocycles. The molecule has 6 fully saturated rings. The zero-order valence-corrected chi connectivity index (χ0v) is 34.6. The lowest BCUT2D eigenvalue weighted by atomic mass is 9.33. The van der Waals surface area contributed by atoms with Gasteiger partial charge in [0.05, 0.1) is 42.9 Å². The summed E-state index contributed by atoms with van der Waals surface area (Å²) in [5.74, 6) is -2.85. The highest BCUT2D eigenvalue weighted by Gasteiger charge is 2.73. The van der Waals surface area contributed by atoms with Crippen molar-refractivity contribution in [2.24, 2.45) is 50.2 Å². The molecule has 0 radical (unpaired) electrons. The molecular weight excluding hydrogens is 776 g/mol. The summed E-state index contributed by atoms with van der Waals surface area (Å²) in [5, 5.41) is 117. The number of ether oxygens (including phenoxy) is 4. The van der Waals surface area contributed by atoms with Crippen LogP contribution in [0.4, 0.5) is 0 Å². The first-order valence-corrected chi connectivity index (χ1v) is 21.2. The average Bonchev–Trinajstić information content (AvgIpc) is 3.19. The fraction of sp³-hybridized carbons (Fsp3) is 0.905. The van der Waals surface area contributed by atoms with Crippen molar-refractivity contribution in [2.45, 2.75) is 166 Å². The zero-order valence-electron chi connectivity index (χ0n) is 34.6. The topological polar surface area (TPSA) is 294 Å². The molecule has 0 spiro atoms. The van der Waals surface area contributed by atoms with Gasteiger partial charge in [0.2, 0.25) is 12.6 Å². The molecular formula is C42H66O17. The van der Waals surface area contributed by atoms with Gasteiger partial charge in [0, 0.05) is 5.41 Å². The first-order chi connectivity index (χ1) is 27.5. The number of hydrogen-bond donors (Lipinski definition) is 11. The number of fused-ring (bicyclic) bond motifs is 7. The van der Waals surface area contributed by atoms with Crippen molar-refractivity contribution in [3.63, 3.8) is 0 Å². The second kappa shape index (κ2) is 15.5. The smallest absolute Gasteiger partial charge is 0.317 e. The molecule has 2 aliphatic heterocycles. The summed E-state index contributed by atoms with van der Waals surface area (Å²) in [5.41, 5.74) is -4.41. The minimum Gasteiger partial charge on any atom is -0.432 e. The molecule has 59 heavy (non-hydrogen) atoms. The van der Waals surface area contributed by atoms with Gasteiger partial charge in [-0.25, -0.2) is 0 Å². The maximum Gasteiger partial charge on any atom is 0.317 e. The third-order valence-corrected chi connectivity index (χ3v) is 17.2. The maximum atomic E-state index is 14.6. The summed E-state index contributed by atoms with van der Waals surface area (Å²) >= 11 is 0. The number of rotatable bonds is 7. The summed E-state index contributed by atoms with van der Waals surface area (Å²) in [6.07, 6.45) is -13.5. The highest BCUT2D eigenvalue weighted by molar-refractivity contribution is 5.79. The van der Waals surface area contributed by atoms with Crippen molar-refractivity contribution in [3.05, 3.63) is 11.6 Å². The Kier molecular flexibility index (Phi) is 11.8. The van der Waals surface area contributed by atoms with Crippen LogP contribution in [0, 0.1) is 50.2 Å². The number of allylic oxidation sites excluding steroid dienone is 1. The molecule has 0 unspecified atom stereocenters. The standard InChI is InChI=1S/C42H66O17/c1-37(2)10-11-41(36(55)59-34-31(52)29(50)27(48)23(17-44)57-34)12-13-42(18-45)19(20(41)14-37)6-7-24-38(3)15-21(46)32(53)40(5,25(38)8-9-39(24,42)4)35(54)58-33-30(51)28(49)26(47)22(16-43)56-33/h6,20-34,43-53H,7-18H2,1-5H3/t20-,21-,22+,23-,24+,25+,26-,27-,28+,29+,30-,31-,32-,33-,34+,38-,39-,40-,41+,42+/m0/s1. The summed E-state index contributed by atoms with van der Waals surface area (Å²) in [4.78, 5) is 29.0. The Morgan fingerprint density at radius 1 is 0.678 bits per heavy atom. The highest BCUT2D eigenvalue weighted by Crippen LogP contribution is 2.76. The van der Waals surface area contributed by atoms with E-state index in [9.17, 15) is 65.8 Å². The van der Waals surface area contributed by atoms with Crippen molar-refractivity contribution < 1.29 is 84.7 Å². The van der Waals surface area contributed by atoms with Gasteiger partial charge in [-0.15, -0.1) is 0 Å². The second-order valence-electron chi connectivity index (χ2n) is 20.5. The predicted octanol–water partition coefficient (Wildman–Crippen LogP) is -1.24. The maximum absolute atomic E-state index is 14.6. The van der Waals surface area contributed by atoms with E-state index in [0.717, 1.165) is 5.57 Å². The zero-order chi connectivity index (χ0) is 43.4. The molecule has 0 aromatic heterocycles. The van der Waals surface area contributed by atoms with Crippen LogP contribution in [0.2, 0.25) is 0 Å². The fourth-order valence-electron chi connectivity index (χ4n) is 13.6. The minimum absolute atomic E-state index is 0.124. The Balaban J connectivity index is 1.22. The van der Waals surface area contributed by atoms with E-state index < -0.39 is 138 Å². The molecule has 7 rings (SSSR count). The molecule has 5 aliphatic carbocycles. The Hall–Kier alpha value is -1.84. The van der Waals surface area contributed by atoms with Gasteiger partial charge in [-0.3, -0.25) is 9.59 Å². The van der Waals surface area contributed by atoms with Gasteiger partial charge in [0.1, 0.15) is 48.8 Å². The van der Waals surface area contributed by atoms with Gasteiger partial charge in [-0.1, -0.05) is 39.3 Å². The van der Waals surface area contributed by atoms with Gasteiger partial charge < -0.3 is 75.1 Å². The van der Waals surface area contributed by atoms with Gasteiger partial charge >= 0.3 is 11.9 Å². The van der Waals surface area contributed by atoms with Crippen LogP contribution in [0.3, 0.4) is 0 Å². The van der Waals surface area contributed by atoms with E-state index in [-0.39, 0.29) is 24.4 Å². The Bertz CT molecular complexity index is 1640. The summed E-state index contributed by atoms with van der Waals surface area (Å²) in [7, 11) is 0. The molecule has 2 saturated heterocycles. The van der Waals surface area contributed by atoms with Crippen LogP contribution >= 0.6 is 0 Å². The SMILES string of the molecule is CC1(C)CC[C@@]2(C(=O)O[C@H]3O[C@@H](CO)[C@H](O)[C@@H](O)[C@@H]3O)CC[C@@]3(CO)C(=CC[C@@H]4[C@]5(C)C[C@H](O)[C@H](O)[C@@](C)(C(=O)O[C@@H]6O[C@H](CO)[C@H](O)[C@@H](O)[C@@H]6O)[C@@H]5CC[C@@]43C)[C@@H]2C1. The van der Waals surface area contributed by atoms with Gasteiger partial charge in [-0.2, -0.15) is 0 Å². The van der Waals surface area contributed by atoms with E-state index in [4.69, 9.17) is 18.9 Å². The van der Waals surface area contributed by atoms with Crippen LogP contribution in [-0.4, -0.2) is 162 Å². The predicted molar refractivity (Wildman–Crippen MR) is 202 cm³/mol. The molecule has 0 aromatic carbocycles. The Morgan fingerprint density at radius 3 is 1.76 bits per heavy atom. The van der Waals surface area contributed by atoms with Gasteiger partial charge in [-0.05, 0) is 98.7 Å². The van der Waals surface area contributed by atoms with Crippen LogP contribution < -0.4 is 0 Å². The van der Waals surface area contributed by atoms with E-state index in [1.165, 1.54) is 6.92 Å². The monoisotopic (exact) mass is 842 g/mol. The van der Waals surface area contributed by atoms with E-state index in [1.54, 1.807) is 0 Å². The molecule has 0 amide bonds. The number of aliphatic hydroxyl groups excluding tert-OH is 11. The number of carbonyl (C=O) groups excluding carboxylic acids is 2. The van der Waals surface area contributed by atoms with Crippen LogP contribution in [-0.2, 0) is 28.5 Å². The molecule has 20 atom stereocenters. The van der Waals surface area contributed by atoms with Crippen LogP contribution in [0.15, 0.2) is 11.6 Å². The van der Waals surface area contributed by atoms with Crippen molar-refractivity contribution in [1.29, 1.82) is 0 Å². The van der Waals surface area contributed by atoms with Crippen LogP contribution in [0.25, 0.3) is 0 Å². The van der Waals surface area contributed by atoms with Crippen molar-refractivity contribution >= 4 is 11.9 Å². The lowest BCUT2D eigenvalue weighted by Crippen LogP contribution is -2.70. The van der Waals surface area contributed by atoms with E-state index >= 15 is 0 Å². The molecule has 7 aliphatic rings. The normalized spacial score (nSPS) is 53.1. The second-order valence-corrected chi connectivity index (χ2v) is 20.5. The van der Waals surface area contributed by atoms with E-state index in [0.29, 0.717) is 51.4 Å². The molecule has 17 heteroatoms. The molecule has 336 valence electrons. The number of aliphatic hydroxyl groups is 11. The van der Waals surface area contributed by atoms with Gasteiger partial charge in [0.25, 0.3) is 0 Å². The van der Waals surface area contributed by atoms with Crippen LogP contribution in [0.1, 0.15) is 92.4 Å². The highest BCUT2D eigenvalue weighted by atomic mass is 16.7.